The van der Waals surface area contributed by atoms with Crippen molar-refractivity contribution in [3.63, 3.8) is 0 Å². The van der Waals surface area contributed by atoms with Gasteiger partial charge in [0.05, 0.1) is 0 Å². The average molecular weight is 230 g/mol. The van der Waals surface area contributed by atoms with Crippen LogP contribution >= 0.6 is 11.6 Å². The molecule has 1 fully saturated rings. The molecule has 0 radical (unpaired) electrons. The van der Waals surface area contributed by atoms with Crippen molar-refractivity contribution in [3.05, 3.63) is 11.6 Å². The van der Waals surface area contributed by atoms with E-state index in [0.29, 0.717) is 6.04 Å². The molecule has 88 valence electrons. The van der Waals surface area contributed by atoms with Crippen LogP contribution in [0.25, 0.3) is 0 Å². The topological polar surface area (TPSA) is 12.0 Å². The van der Waals surface area contributed by atoms with Gasteiger partial charge in [-0.1, -0.05) is 50.8 Å². The molecule has 2 atom stereocenters. The third kappa shape index (κ3) is 5.58. The minimum absolute atomic E-state index is 0.669. The Hall–Kier alpha value is -0.0100. The second kappa shape index (κ2) is 7.29. The first-order valence-electron chi connectivity index (χ1n) is 6.29. The van der Waals surface area contributed by atoms with Gasteiger partial charge in [0.25, 0.3) is 0 Å². The van der Waals surface area contributed by atoms with Crippen LogP contribution in [0.3, 0.4) is 0 Å². The third-order valence-electron chi connectivity index (χ3n) is 3.37. The highest BCUT2D eigenvalue weighted by molar-refractivity contribution is 6.29. The summed E-state index contributed by atoms with van der Waals surface area (Å²) in [7, 11) is 0. The Kier molecular flexibility index (Phi) is 6.35. The minimum Gasteiger partial charge on any atom is -0.309 e. The Bertz CT molecular complexity index is 191. The minimum atomic E-state index is 0.669. The molecular weight excluding hydrogens is 206 g/mol. The molecule has 0 amide bonds. The summed E-state index contributed by atoms with van der Waals surface area (Å²) in [5, 5.41) is 4.22. The van der Waals surface area contributed by atoms with Gasteiger partial charge in [-0.3, -0.25) is 0 Å². The fourth-order valence-electron chi connectivity index (χ4n) is 2.53. The average Bonchev–Trinajstić information content (AvgIpc) is 2.41. The van der Waals surface area contributed by atoms with E-state index in [9.17, 15) is 0 Å². The molecule has 1 N–H and O–H groups in total. The van der Waals surface area contributed by atoms with Crippen molar-refractivity contribution in [2.75, 3.05) is 6.54 Å². The maximum atomic E-state index is 5.76. The number of hydrogen-bond acceptors (Lipinski definition) is 1. The van der Waals surface area contributed by atoms with E-state index in [2.05, 4.69) is 18.8 Å². The monoisotopic (exact) mass is 229 g/mol. The SMILES string of the molecule is C=C(Cl)CNC1CCCC(CCC)CC1. The highest BCUT2D eigenvalue weighted by atomic mass is 35.5. The molecule has 0 aromatic rings. The standard InChI is InChI=1S/C13H24ClN/c1-3-5-12-6-4-7-13(9-8-12)15-10-11(2)14/h12-13,15H,2-10H2,1H3. The molecule has 2 heteroatoms. The number of hydrogen-bond donors (Lipinski definition) is 1. The van der Waals surface area contributed by atoms with E-state index < -0.39 is 0 Å². The molecule has 1 nitrogen and oxygen atoms in total. The van der Waals surface area contributed by atoms with Crippen LogP contribution in [0.2, 0.25) is 0 Å². The summed E-state index contributed by atoms with van der Waals surface area (Å²) < 4.78 is 0. The van der Waals surface area contributed by atoms with E-state index in [4.69, 9.17) is 11.6 Å². The van der Waals surface area contributed by atoms with Crippen LogP contribution < -0.4 is 5.32 Å². The Morgan fingerprint density at radius 3 is 2.80 bits per heavy atom. The Labute approximate surface area is 99.3 Å². The van der Waals surface area contributed by atoms with Crippen molar-refractivity contribution in [1.82, 2.24) is 5.32 Å². The third-order valence-corrected chi connectivity index (χ3v) is 3.50. The number of nitrogens with one attached hydrogen (secondary N) is 1. The van der Waals surface area contributed by atoms with E-state index in [1.807, 2.05) is 0 Å². The lowest BCUT2D eigenvalue weighted by atomic mass is 9.95. The Morgan fingerprint density at radius 1 is 1.33 bits per heavy atom. The first kappa shape index (κ1) is 13.1. The van der Waals surface area contributed by atoms with Crippen molar-refractivity contribution in [2.45, 2.75) is 57.9 Å². The fourth-order valence-corrected chi connectivity index (χ4v) is 2.61. The van der Waals surface area contributed by atoms with E-state index in [0.717, 1.165) is 17.5 Å². The maximum absolute atomic E-state index is 5.76. The zero-order chi connectivity index (χ0) is 11.1. The van der Waals surface area contributed by atoms with Crippen molar-refractivity contribution in [3.8, 4) is 0 Å². The summed E-state index contributed by atoms with van der Waals surface area (Å²) in [6.07, 6.45) is 9.56. The molecule has 0 aromatic heterocycles. The van der Waals surface area contributed by atoms with Crippen LogP contribution in [0.5, 0.6) is 0 Å². The number of halogens is 1. The summed E-state index contributed by atoms with van der Waals surface area (Å²) in [5.41, 5.74) is 0. The molecule has 0 aliphatic heterocycles. The van der Waals surface area contributed by atoms with Gasteiger partial charge < -0.3 is 5.32 Å². The second-order valence-corrected chi connectivity index (χ2v) is 5.29. The summed E-state index contributed by atoms with van der Waals surface area (Å²) in [6, 6.07) is 0.669. The molecule has 1 aliphatic rings. The highest BCUT2D eigenvalue weighted by Crippen LogP contribution is 2.26. The van der Waals surface area contributed by atoms with Gasteiger partial charge in [0.15, 0.2) is 0 Å². The van der Waals surface area contributed by atoms with Crippen molar-refractivity contribution in [2.24, 2.45) is 5.92 Å². The normalized spacial score (nSPS) is 27.3. The summed E-state index contributed by atoms with van der Waals surface area (Å²) in [6.45, 7) is 6.77. The fraction of sp³-hybridized carbons (Fsp3) is 0.846. The summed E-state index contributed by atoms with van der Waals surface area (Å²) in [4.78, 5) is 0. The van der Waals surface area contributed by atoms with Crippen LogP contribution in [-0.4, -0.2) is 12.6 Å². The summed E-state index contributed by atoms with van der Waals surface area (Å²) in [5.74, 6) is 0.973. The molecule has 1 rings (SSSR count). The Morgan fingerprint density at radius 2 is 2.13 bits per heavy atom. The molecule has 0 bridgehead atoms. The van der Waals surface area contributed by atoms with Gasteiger partial charge in [-0.15, -0.1) is 0 Å². The van der Waals surface area contributed by atoms with Crippen LogP contribution in [0, 0.1) is 5.92 Å². The maximum Gasteiger partial charge on any atom is 0.0310 e. The van der Waals surface area contributed by atoms with E-state index >= 15 is 0 Å². The second-order valence-electron chi connectivity index (χ2n) is 4.76. The molecule has 1 aliphatic carbocycles. The smallest absolute Gasteiger partial charge is 0.0310 e. The number of rotatable bonds is 5. The zero-order valence-corrected chi connectivity index (χ0v) is 10.7. The molecule has 1 saturated carbocycles. The van der Waals surface area contributed by atoms with E-state index in [1.54, 1.807) is 0 Å². The largest absolute Gasteiger partial charge is 0.309 e. The predicted molar refractivity (Wildman–Crippen MR) is 68.3 cm³/mol. The van der Waals surface area contributed by atoms with Gasteiger partial charge in [0.1, 0.15) is 0 Å². The van der Waals surface area contributed by atoms with Crippen molar-refractivity contribution < 1.29 is 0 Å². The van der Waals surface area contributed by atoms with Gasteiger partial charge in [-0.2, -0.15) is 0 Å². The van der Waals surface area contributed by atoms with Crippen LogP contribution in [-0.2, 0) is 0 Å². The van der Waals surface area contributed by atoms with Crippen molar-refractivity contribution in [1.29, 1.82) is 0 Å². The molecule has 0 heterocycles. The lowest BCUT2D eigenvalue weighted by Gasteiger charge is -2.16. The van der Waals surface area contributed by atoms with Gasteiger partial charge in [-0.25, -0.2) is 0 Å². The van der Waals surface area contributed by atoms with E-state index in [-0.39, 0.29) is 0 Å². The van der Waals surface area contributed by atoms with Gasteiger partial charge in [0.2, 0.25) is 0 Å². The van der Waals surface area contributed by atoms with Gasteiger partial charge >= 0.3 is 0 Å². The van der Waals surface area contributed by atoms with Crippen LogP contribution in [0.4, 0.5) is 0 Å². The molecule has 0 aromatic carbocycles. The predicted octanol–water partition coefficient (Wildman–Crippen LogP) is 4.08. The quantitative estimate of drug-likeness (QED) is 0.701. The first-order chi connectivity index (χ1) is 7.22. The summed E-state index contributed by atoms with van der Waals surface area (Å²) >= 11 is 5.76. The van der Waals surface area contributed by atoms with Crippen molar-refractivity contribution >= 4 is 11.6 Å². The van der Waals surface area contributed by atoms with Crippen LogP contribution in [0.15, 0.2) is 11.6 Å². The van der Waals surface area contributed by atoms with E-state index in [1.165, 1.54) is 44.9 Å². The van der Waals surface area contributed by atoms with Gasteiger partial charge in [-0.05, 0) is 25.2 Å². The molecule has 0 saturated heterocycles. The molecule has 15 heavy (non-hydrogen) atoms. The zero-order valence-electron chi connectivity index (χ0n) is 9.90. The van der Waals surface area contributed by atoms with Gasteiger partial charge in [0, 0.05) is 17.6 Å². The molecule has 0 spiro atoms. The Balaban J connectivity index is 2.23. The highest BCUT2D eigenvalue weighted by Gasteiger charge is 2.17. The van der Waals surface area contributed by atoms with Crippen LogP contribution in [0.1, 0.15) is 51.9 Å². The lowest BCUT2D eigenvalue weighted by molar-refractivity contribution is 0.413. The first-order valence-corrected chi connectivity index (χ1v) is 6.66. The lowest BCUT2D eigenvalue weighted by Crippen LogP contribution is -2.29. The molecule has 2 unspecified atom stereocenters. The molecular formula is C13H24ClN.